The lowest BCUT2D eigenvalue weighted by Gasteiger charge is -2.20. The summed E-state index contributed by atoms with van der Waals surface area (Å²) >= 11 is 0. The van der Waals surface area contributed by atoms with Crippen LogP contribution in [0.3, 0.4) is 0 Å². The first-order valence-corrected chi connectivity index (χ1v) is 8.69. The Kier molecular flexibility index (Phi) is 6.87. The summed E-state index contributed by atoms with van der Waals surface area (Å²) in [6.45, 7) is 6.92. The van der Waals surface area contributed by atoms with Crippen molar-refractivity contribution < 1.29 is 14.2 Å². The van der Waals surface area contributed by atoms with Gasteiger partial charge in [-0.05, 0) is 44.0 Å². The molecule has 0 spiro atoms. The molecule has 27 heavy (non-hydrogen) atoms. The third-order valence-corrected chi connectivity index (χ3v) is 3.56. The summed E-state index contributed by atoms with van der Waals surface area (Å²) in [5, 5.41) is 3.09. The summed E-state index contributed by atoms with van der Waals surface area (Å²) in [5.74, 6) is 2.32. The smallest absolute Gasteiger partial charge is 0.213 e. The second-order valence-electron chi connectivity index (χ2n) is 6.96. The molecule has 1 aromatic carbocycles. The Morgan fingerprint density at radius 2 is 1.78 bits per heavy atom. The van der Waals surface area contributed by atoms with Gasteiger partial charge in [-0.15, -0.1) is 0 Å². The van der Waals surface area contributed by atoms with E-state index < -0.39 is 0 Å². The van der Waals surface area contributed by atoms with E-state index in [1.54, 1.807) is 20.4 Å². The maximum atomic E-state index is 5.95. The standard InChI is InChI=1S/C20H28N4O3/c1-20(2,3)27-18-9-7-15(12-22-18)13-24-19(21)23-11-14-6-8-16(25-4)17(10-14)26-5/h6-10,12H,11,13H2,1-5H3,(H3,21,23,24). The monoisotopic (exact) mass is 372 g/mol. The molecule has 2 aromatic rings. The van der Waals surface area contributed by atoms with Crippen molar-refractivity contribution in [1.29, 1.82) is 0 Å². The summed E-state index contributed by atoms with van der Waals surface area (Å²) in [7, 11) is 3.22. The molecule has 0 aliphatic carbocycles. The molecule has 0 radical (unpaired) electrons. The summed E-state index contributed by atoms with van der Waals surface area (Å²) in [6.07, 6.45) is 1.74. The number of hydrogen-bond donors (Lipinski definition) is 2. The summed E-state index contributed by atoms with van der Waals surface area (Å²) in [4.78, 5) is 8.63. The Morgan fingerprint density at radius 3 is 2.37 bits per heavy atom. The molecule has 0 aliphatic heterocycles. The van der Waals surface area contributed by atoms with Gasteiger partial charge in [0, 0.05) is 18.8 Å². The van der Waals surface area contributed by atoms with E-state index in [9.17, 15) is 0 Å². The molecular weight excluding hydrogens is 344 g/mol. The maximum Gasteiger partial charge on any atom is 0.213 e. The molecule has 7 nitrogen and oxygen atoms in total. The number of rotatable bonds is 7. The minimum Gasteiger partial charge on any atom is -0.493 e. The van der Waals surface area contributed by atoms with Gasteiger partial charge in [0.2, 0.25) is 5.88 Å². The summed E-state index contributed by atoms with van der Waals surface area (Å²) in [6, 6.07) is 9.47. The van der Waals surface area contributed by atoms with Crippen LogP contribution in [0.4, 0.5) is 0 Å². The molecular formula is C20H28N4O3. The molecule has 0 fully saturated rings. The molecule has 7 heteroatoms. The molecule has 0 aliphatic rings. The van der Waals surface area contributed by atoms with Crippen LogP contribution in [0.2, 0.25) is 0 Å². The van der Waals surface area contributed by atoms with Crippen LogP contribution in [-0.4, -0.2) is 30.8 Å². The normalized spacial score (nSPS) is 11.8. The molecule has 0 atom stereocenters. The van der Waals surface area contributed by atoms with Crippen molar-refractivity contribution in [2.45, 2.75) is 39.5 Å². The van der Waals surface area contributed by atoms with Crippen LogP contribution >= 0.6 is 0 Å². The van der Waals surface area contributed by atoms with Crippen LogP contribution in [0.1, 0.15) is 31.9 Å². The van der Waals surface area contributed by atoms with Crippen molar-refractivity contribution in [3.8, 4) is 17.4 Å². The maximum absolute atomic E-state index is 5.95. The number of ether oxygens (including phenoxy) is 3. The van der Waals surface area contributed by atoms with Crippen molar-refractivity contribution in [2.24, 2.45) is 10.7 Å². The van der Waals surface area contributed by atoms with Gasteiger partial charge in [-0.3, -0.25) is 0 Å². The number of methoxy groups -OCH3 is 2. The van der Waals surface area contributed by atoms with Gasteiger partial charge in [0.25, 0.3) is 0 Å². The first-order chi connectivity index (χ1) is 12.8. The molecule has 0 amide bonds. The number of hydrogen-bond acceptors (Lipinski definition) is 5. The average Bonchev–Trinajstić information content (AvgIpc) is 2.64. The van der Waals surface area contributed by atoms with Gasteiger partial charge in [-0.2, -0.15) is 0 Å². The van der Waals surface area contributed by atoms with E-state index in [1.165, 1.54) is 0 Å². The number of benzene rings is 1. The quantitative estimate of drug-likeness (QED) is 0.574. The van der Waals surface area contributed by atoms with Crippen LogP contribution in [0.15, 0.2) is 41.5 Å². The van der Waals surface area contributed by atoms with Crippen LogP contribution in [0, 0.1) is 0 Å². The minimum absolute atomic E-state index is 0.273. The lowest BCUT2D eigenvalue weighted by atomic mass is 10.2. The zero-order valence-electron chi connectivity index (χ0n) is 16.6. The molecule has 0 unspecified atom stereocenters. The van der Waals surface area contributed by atoms with E-state index in [1.807, 2.05) is 51.1 Å². The molecule has 0 saturated heterocycles. The molecule has 1 aromatic heterocycles. The second kappa shape index (κ2) is 9.12. The minimum atomic E-state index is -0.273. The van der Waals surface area contributed by atoms with Gasteiger partial charge in [0.05, 0.1) is 20.8 Å². The number of guanidine groups is 1. The Labute approximate surface area is 160 Å². The largest absolute Gasteiger partial charge is 0.493 e. The van der Waals surface area contributed by atoms with Gasteiger partial charge in [-0.1, -0.05) is 12.1 Å². The van der Waals surface area contributed by atoms with Gasteiger partial charge in [0.1, 0.15) is 5.60 Å². The Balaban J connectivity index is 1.89. The highest BCUT2D eigenvalue weighted by atomic mass is 16.5. The predicted octanol–water partition coefficient (Wildman–Crippen LogP) is 2.88. The SMILES string of the molecule is COc1ccc(CNC(N)=NCc2ccc(OC(C)(C)C)nc2)cc1OC. The van der Waals surface area contributed by atoms with E-state index in [0.29, 0.717) is 36.4 Å². The Bertz CT molecular complexity index is 768. The highest BCUT2D eigenvalue weighted by Crippen LogP contribution is 2.27. The summed E-state index contributed by atoms with van der Waals surface area (Å²) in [5.41, 5.74) is 7.64. The number of aromatic nitrogens is 1. The first kappa shape index (κ1) is 20.4. The van der Waals surface area contributed by atoms with E-state index >= 15 is 0 Å². The van der Waals surface area contributed by atoms with Gasteiger partial charge >= 0.3 is 0 Å². The third kappa shape index (κ3) is 6.69. The lowest BCUT2D eigenvalue weighted by Crippen LogP contribution is -2.31. The van der Waals surface area contributed by atoms with Crippen molar-refractivity contribution in [2.75, 3.05) is 14.2 Å². The van der Waals surface area contributed by atoms with Crippen molar-refractivity contribution in [3.63, 3.8) is 0 Å². The number of pyridine rings is 1. The second-order valence-corrected chi connectivity index (χ2v) is 6.96. The molecule has 1 heterocycles. The third-order valence-electron chi connectivity index (χ3n) is 3.56. The van der Waals surface area contributed by atoms with Gasteiger partial charge in [0.15, 0.2) is 17.5 Å². The van der Waals surface area contributed by atoms with Crippen LogP contribution in [0.25, 0.3) is 0 Å². The molecule has 146 valence electrons. The van der Waals surface area contributed by atoms with E-state index in [4.69, 9.17) is 19.9 Å². The average molecular weight is 372 g/mol. The molecule has 0 bridgehead atoms. The highest BCUT2D eigenvalue weighted by molar-refractivity contribution is 5.77. The summed E-state index contributed by atoms with van der Waals surface area (Å²) < 4.78 is 16.2. The van der Waals surface area contributed by atoms with Gasteiger partial charge < -0.3 is 25.3 Å². The number of aliphatic imine (C=N–C) groups is 1. The highest BCUT2D eigenvalue weighted by Gasteiger charge is 2.12. The van der Waals surface area contributed by atoms with E-state index in [0.717, 1.165) is 11.1 Å². The van der Waals surface area contributed by atoms with E-state index in [2.05, 4.69) is 15.3 Å². The number of nitrogens with two attached hydrogens (primary N) is 1. The fourth-order valence-corrected chi connectivity index (χ4v) is 2.29. The Hall–Kier alpha value is -2.96. The van der Waals surface area contributed by atoms with Crippen LogP contribution in [0.5, 0.6) is 17.4 Å². The Morgan fingerprint density at radius 1 is 1.07 bits per heavy atom. The number of nitrogens with zero attached hydrogens (tertiary/aromatic N) is 2. The zero-order valence-corrected chi connectivity index (χ0v) is 16.6. The fourth-order valence-electron chi connectivity index (χ4n) is 2.29. The van der Waals surface area contributed by atoms with E-state index in [-0.39, 0.29) is 5.60 Å². The van der Waals surface area contributed by atoms with Crippen LogP contribution in [-0.2, 0) is 13.1 Å². The van der Waals surface area contributed by atoms with Crippen LogP contribution < -0.4 is 25.3 Å². The fraction of sp³-hybridized carbons (Fsp3) is 0.400. The molecule has 3 N–H and O–H groups in total. The van der Waals surface area contributed by atoms with Crippen molar-refractivity contribution >= 4 is 5.96 Å². The zero-order chi connectivity index (χ0) is 19.9. The van der Waals surface area contributed by atoms with Crippen molar-refractivity contribution in [3.05, 3.63) is 47.7 Å². The topological polar surface area (TPSA) is 91.0 Å². The lowest BCUT2D eigenvalue weighted by molar-refractivity contribution is 0.124. The predicted molar refractivity (Wildman–Crippen MR) is 106 cm³/mol. The molecule has 2 rings (SSSR count). The number of nitrogens with one attached hydrogen (secondary N) is 1. The first-order valence-electron chi connectivity index (χ1n) is 8.69. The molecule has 0 saturated carbocycles. The van der Waals surface area contributed by atoms with Gasteiger partial charge in [-0.25, -0.2) is 9.98 Å². The van der Waals surface area contributed by atoms with Crippen molar-refractivity contribution in [1.82, 2.24) is 10.3 Å².